The van der Waals surface area contributed by atoms with E-state index in [-0.39, 0.29) is 11.3 Å². The van der Waals surface area contributed by atoms with Crippen LogP contribution in [0.1, 0.15) is 84.6 Å². The van der Waals surface area contributed by atoms with E-state index in [1.54, 1.807) is 31.2 Å². The Morgan fingerprint density at radius 2 is 1.81 bits per heavy atom. The van der Waals surface area contributed by atoms with Crippen molar-refractivity contribution in [3.8, 4) is 0 Å². The summed E-state index contributed by atoms with van der Waals surface area (Å²) in [6, 6.07) is 1.99. The smallest absolute Gasteiger partial charge is 0.340 e. The lowest BCUT2D eigenvalue weighted by molar-refractivity contribution is -0.466. The number of rotatable bonds is 5. The van der Waals surface area contributed by atoms with Crippen LogP contribution in [0.2, 0.25) is 0 Å². The lowest BCUT2D eigenvalue weighted by Crippen LogP contribution is -2.58. The van der Waals surface area contributed by atoms with E-state index in [4.69, 9.17) is 15.9 Å². The van der Waals surface area contributed by atoms with Crippen LogP contribution in [0.25, 0.3) is 0 Å². The van der Waals surface area contributed by atoms with Gasteiger partial charge in [-0.3, -0.25) is 16.0 Å². The summed E-state index contributed by atoms with van der Waals surface area (Å²) in [6.07, 6.45) is 14.6. The molecule has 5 atom stereocenters. The third-order valence-corrected chi connectivity index (χ3v) is 10.3. The largest absolute Gasteiger partial charge is 0.716 e. The first kappa shape index (κ1) is 29.6. The van der Waals surface area contributed by atoms with Crippen molar-refractivity contribution in [2.45, 2.75) is 85.5 Å². The summed E-state index contributed by atoms with van der Waals surface area (Å²) < 4.78 is 45.0. The van der Waals surface area contributed by atoms with Crippen molar-refractivity contribution < 1.29 is 26.1 Å². The number of nitrogens with two attached hydrogens (primary N) is 2. The third-order valence-electron chi connectivity index (χ3n) is 9.94. The number of guanidine groups is 1. The van der Waals surface area contributed by atoms with Crippen LogP contribution in [0.4, 0.5) is 0 Å². The highest BCUT2D eigenvalue weighted by Crippen LogP contribution is 2.69. The fraction of sp³-hybridized carbons (Fsp3) is 0.750. The summed E-state index contributed by atoms with van der Waals surface area (Å²) in [5.74, 6) is 1.86. The predicted molar refractivity (Wildman–Crippen MR) is 144 cm³/mol. The Bertz CT molecular complexity index is 1080. The molecule has 0 radical (unpaired) electrons. The minimum atomic E-state index is -4.74. The Balaban J connectivity index is 0.000000568. The zero-order valence-corrected chi connectivity index (χ0v) is 24.3. The molecule has 0 spiro atoms. The maximum absolute atomic E-state index is 11.2. The normalized spacial score (nSPS) is 33.9. The van der Waals surface area contributed by atoms with Crippen LogP contribution in [0.15, 0.2) is 34.8 Å². The first-order valence-corrected chi connectivity index (χ1v) is 14.8. The van der Waals surface area contributed by atoms with Gasteiger partial charge in [-0.05, 0) is 103 Å². The molecule has 1 heterocycles. The van der Waals surface area contributed by atoms with Gasteiger partial charge in [0.15, 0.2) is 0 Å². The van der Waals surface area contributed by atoms with E-state index in [9.17, 15) is 13.0 Å². The average molecular weight is 538 g/mol. The third kappa shape index (κ3) is 6.53. The molecule has 8 nitrogen and oxygen atoms in total. The average Bonchev–Trinajstić information content (AvgIpc) is 3.29. The number of fused-ring (bicyclic) bond motifs is 3. The van der Waals surface area contributed by atoms with Crippen molar-refractivity contribution in [1.29, 1.82) is 0 Å². The fourth-order valence-corrected chi connectivity index (χ4v) is 8.44. The molecule has 37 heavy (non-hydrogen) atoms. The van der Waals surface area contributed by atoms with Crippen LogP contribution in [-0.2, 0) is 21.0 Å². The van der Waals surface area contributed by atoms with Gasteiger partial charge >= 0.3 is 5.96 Å². The topological polar surface area (TPSA) is 135 Å². The molecule has 0 saturated heterocycles. The Labute approximate surface area is 223 Å². The minimum Gasteiger partial charge on any atom is -0.716 e. The number of hydrogen-bond donors (Lipinski definition) is 2. The van der Waals surface area contributed by atoms with Gasteiger partial charge in [0.25, 0.3) is 10.4 Å². The van der Waals surface area contributed by atoms with Crippen molar-refractivity contribution in [3.05, 3.63) is 36.0 Å². The zero-order valence-electron chi connectivity index (χ0n) is 23.5. The van der Waals surface area contributed by atoms with E-state index in [1.165, 1.54) is 31.9 Å². The Kier molecular flexibility index (Phi) is 8.79. The van der Waals surface area contributed by atoms with Gasteiger partial charge in [-0.1, -0.05) is 34.1 Å². The van der Waals surface area contributed by atoms with Crippen molar-refractivity contribution in [2.24, 2.45) is 45.5 Å². The number of hydrogen-bond acceptors (Lipinski definition) is 5. The number of allylic oxidation sites excluding steroid dienone is 1. The summed E-state index contributed by atoms with van der Waals surface area (Å²) in [4.78, 5) is 0. The van der Waals surface area contributed by atoms with Crippen molar-refractivity contribution in [2.75, 3.05) is 14.1 Å². The lowest BCUT2D eigenvalue weighted by Gasteiger charge is -2.66. The van der Waals surface area contributed by atoms with Gasteiger partial charge in [-0.25, -0.2) is 8.42 Å². The monoisotopic (exact) mass is 537 g/mol. The molecule has 1 aromatic heterocycles. The highest BCUT2D eigenvalue weighted by atomic mass is 32.3. The van der Waals surface area contributed by atoms with Crippen molar-refractivity contribution in [3.63, 3.8) is 0 Å². The molecule has 3 saturated carbocycles. The lowest BCUT2D eigenvalue weighted by atomic mass is 9.39. The highest BCUT2D eigenvalue weighted by molar-refractivity contribution is 7.80. The molecule has 0 aromatic carbocycles. The van der Waals surface area contributed by atoms with E-state index in [0.29, 0.717) is 22.7 Å². The highest BCUT2D eigenvalue weighted by Gasteiger charge is 2.61. The summed E-state index contributed by atoms with van der Waals surface area (Å²) in [5, 5.41) is 0. The van der Waals surface area contributed by atoms with Gasteiger partial charge in [-0.15, -0.1) is 0 Å². The molecular weight excluding hydrogens is 490 g/mol. The molecular formula is C28H47N3O5S. The molecule has 4 rings (SSSR count). The molecule has 9 heteroatoms. The predicted octanol–water partition coefficient (Wildman–Crippen LogP) is 4.76. The fourth-order valence-electron chi connectivity index (χ4n) is 8.19. The second kappa shape index (κ2) is 11.0. The van der Waals surface area contributed by atoms with Crippen molar-refractivity contribution in [1.82, 2.24) is 0 Å². The van der Waals surface area contributed by atoms with E-state index in [0.717, 1.165) is 49.2 Å². The number of aryl methyl sites for hydroxylation is 1. The SMILES string of the molecule is CC1(C)CCC[C@@]2(C)C1CC[C@]1(C)C2CC/C(=C\OS(=O)(=O)[O-])[C@H]1CCc1ccoc1.C[N+](C)=C(N)N. The quantitative estimate of drug-likeness (QED) is 0.138. The number of furan rings is 1. The molecule has 2 unspecified atom stereocenters. The standard InChI is InChI=1S/C25H38O5S.C3H9N3/c1-23(2)12-5-13-25(4)21(23)10-14-24(3)20(8-6-18-11-15-29-16-18)19(7-9-22(24)25)17-30-31(26,27)28;1-6(2)3(4)5/h11,15-17,20-22H,5-10,12-14H2,1-4H3,(H,26,27,28);1-2H3,(H3,4,5)/b19-17+;/t20-,21?,22?,24+,25+;/m1./s1. The number of nitrogens with zero attached hydrogens (tertiary/aromatic N) is 1. The molecule has 0 aliphatic heterocycles. The molecule has 3 aliphatic rings. The molecule has 0 bridgehead atoms. The van der Waals surface area contributed by atoms with Crippen LogP contribution in [0.3, 0.4) is 0 Å². The van der Waals surface area contributed by atoms with Crippen LogP contribution >= 0.6 is 0 Å². The van der Waals surface area contributed by atoms with Crippen molar-refractivity contribution >= 4 is 16.4 Å². The van der Waals surface area contributed by atoms with E-state index < -0.39 is 10.4 Å². The minimum absolute atomic E-state index is 0.0719. The Morgan fingerprint density at radius 1 is 1.14 bits per heavy atom. The second-order valence-corrected chi connectivity index (χ2v) is 13.8. The van der Waals surface area contributed by atoms with E-state index >= 15 is 0 Å². The molecule has 4 N–H and O–H groups in total. The molecule has 210 valence electrons. The Morgan fingerprint density at radius 3 is 2.38 bits per heavy atom. The summed E-state index contributed by atoms with van der Waals surface area (Å²) in [5.41, 5.74) is 13.0. The first-order chi connectivity index (χ1) is 17.1. The van der Waals surface area contributed by atoms with Gasteiger partial charge in [0.2, 0.25) is 0 Å². The summed E-state index contributed by atoms with van der Waals surface area (Å²) in [7, 11) is -1.17. The van der Waals surface area contributed by atoms with Crippen LogP contribution in [0.5, 0.6) is 0 Å². The maximum Gasteiger partial charge on any atom is 0.340 e. The van der Waals surface area contributed by atoms with Gasteiger partial charge in [0.1, 0.15) is 6.26 Å². The maximum atomic E-state index is 11.2. The van der Waals surface area contributed by atoms with E-state index in [2.05, 4.69) is 31.9 Å². The Hall–Kier alpha value is -2.00. The second-order valence-electron chi connectivity index (χ2n) is 12.8. The van der Waals surface area contributed by atoms with Gasteiger partial charge in [0, 0.05) is 0 Å². The zero-order chi connectivity index (χ0) is 27.6. The molecule has 3 fully saturated rings. The van der Waals surface area contributed by atoms with Gasteiger partial charge < -0.3 is 13.2 Å². The molecule has 3 aliphatic carbocycles. The van der Waals surface area contributed by atoms with Gasteiger partial charge in [0.05, 0.1) is 26.6 Å². The van der Waals surface area contributed by atoms with Crippen LogP contribution < -0.4 is 11.5 Å². The van der Waals surface area contributed by atoms with Gasteiger partial charge in [-0.2, -0.15) is 0 Å². The summed E-state index contributed by atoms with van der Waals surface area (Å²) >= 11 is 0. The van der Waals surface area contributed by atoms with Crippen LogP contribution in [-0.4, -0.2) is 37.6 Å². The van der Waals surface area contributed by atoms with Crippen LogP contribution in [0, 0.1) is 34.0 Å². The first-order valence-electron chi connectivity index (χ1n) is 13.5. The van der Waals surface area contributed by atoms with E-state index in [1.807, 2.05) is 6.07 Å². The molecule has 1 aromatic rings. The molecule has 0 amide bonds. The summed E-state index contributed by atoms with van der Waals surface area (Å²) in [6.45, 7) is 9.85.